The summed E-state index contributed by atoms with van der Waals surface area (Å²) in [4.78, 5) is 14.5. The summed E-state index contributed by atoms with van der Waals surface area (Å²) in [7, 11) is 0. The van der Waals surface area contributed by atoms with E-state index in [4.69, 9.17) is 4.74 Å². The molecule has 1 aliphatic heterocycles. The molecular weight excluding hydrogens is 333 g/mol. The van der Waals surface area contributed by atoms with Crippen LogP contribution in [0.5, 0.6) is 5.88 Å². The Morgan fingerprint density at radius 3 is 2.54 bits per heavy atom. The van der Waals surface area contributed by atoms with Crippen LogP contribution in [-0.2, 0) is 13.2 Å². The molecule has 0 radical (unpaired) electrons. The summed E-state index contributed by atoms with van der Waals surface area (Å²) < 4.78 is 20.3. The fraction of sp³-hybridized carbons (Fsp3) is 0.200. The number of carbonyl (C=O) groups excluding carboxylic acids is 1. The zero-order valence-electron chi connectivity index (χ0n) is 14.4. The highest BCUT2D eigenvalue weighted by atomic mass is 19.1. The van der Waals surface area contributed by atoms with Crippen LogP contribution in [0.3, 0.4) is 0 Å². The van der Waals surface area contributed by atoms with E-state index in [-0.39, 0.29) is 18.3 Å². The van der Waals surface area contributed by atoms with Gasteiger partial charge in [0.05, 0.1) is 6.54 Å². The average molecular weight is 351 g/mol. The number of fused-ring (bicyclic) bond motifs is 1. The molecule has 3 aromatic rings. The van der Waals surface area contributed by atoms with Crippen molar-refractivity contribution < 1.29 is 13.9 Å². The summed E-state index contributed by atoms with van der Waals surface area (Å²) in [6.45, 7) is 3.46. The predicted molar refractivity (Wildman–Crippen MR) is 95.8 cm³/mol. The monoisotopic (exact) mass is 351 g/mol. The fourth-order valence-corrected chi connectivity index (χ4v) is 2.95. The van der Waals surface area contributed by atoms with Gasteiger partial charge in [-0.15, -0.1) is 5.10 Å². The van der Waals surface area contributed by atoms with Crippen LogP contribution in [-0.4, -0.2) is 22.2 Å². The molecule has 0 aliphatic carbocycles. The Morgan fingerprint density at radius 1 is 1.08 bits per heavy atom. The third-order valence-corrected chi connectivity index (χ3v) is 4.40. The number of halogens is 1. The number of aryl methyl sites for hydroxylation is 1. The quantitative estimate of drug-likeness (QED) is 0.722. The van der Waals surface area contributed by atoms with E-state index < -0.39 is 0 Å². The van der Waals surface area contributed by atoms with Crippen molar-refractivity contribution in [2.24, 2.45) is 0 Å². The molecule has 2 aromatic carbocycles. The maximum absolute atomic E-state index is 12.9. The Hall–Kier alpha value is -3.15. The van der Waals surface area contributed by atoms with Gasteiger partial charge in [0, 0.05) is 18.3 Å². The normalized spacial score (nSPS) is 13.6. The molecule has 0 saturated carbocycles. The lowest BCUT2D eigenvalue weighted by molar-refractivity contribution is 0.0962. The van der Waals surface area contributed by atoms with Gasteiger partial charge in [-0.25, -0.2) is 4.39 Å². The summed E-state index contributed by atoms with van der Waals surface area (Å²) in [5.41, 5.74) is 3.37. The number of aromatic nitrogens is 2. The van der Waals surface area contributed by atoms with Gasteiger partial charge in [-0.3, -0.25) is 9.48 Å². The van der Waals surface area contributed by atoms with E-state index in [1.165, 1.54) is 12.1 Å². The number of amides is 1. The van der Waals surface area contributed by atoms with Crippen LogP contribution >= 0.6 is 0 Å². The first kappa shape index (κ1) is 16.3. The molecule has 0 atom stereocenters. The first-order chi connectivity index (χ1) is 12.6. The molecule has 0 unspecified atom stereocenters. The Balaban J connectivity index is 1.49. The molecule has 0 N–H and O–H groups in total. The van der Waals surface area contributed by atoms with Crippen molar-refractivity contribution in [2.75, 3.05) is 11.4 Å². The lowest BCUT2D eigenvalue weighted by Gasteiger charge is -2.27. The summed E-state index contributed by atoms with van der Waals surface area (Å²) >= 11 is 0. The van der Waals surface area contributed by atoms with Gasteiger partial charge in [0.15, 0.2) is 0 Å². The number of benzene rings is 2. The Morgan fingerprint density at radius 2 is 1.81 bits per heavy atom. The molecule has 6 heteroatoms. The number of hydrogen-bond acceptors (Lipinski definition) is 3. The van der Waals surface area contributed by atoms with Crippen molar-refractivity contribution in [3.63, 3.8) is 0 Å². The minimum absolute atomic E-state index is 0.0933. The zero-order chi connectivity index (χ0) is 18.1. The van der Waals surface area contributed by atoms with Crippen LogP contribution in [0.2, 0.25) is 0 Å². The van der Waals surface area contributed by atoms with Gasteiger partial charge < -0.3 is 9.64 Å². The standard InChI is InChI=1S/C20H18FN3O2/c1-14-2-8-17(9-3-14)23-10-11-24-18(20(23)25)12-19(22-24)26-13-15-4-6-16(21)7-5-15/h2-9,12H,10-11,13H2,1H3. The molecule has 5 nitrogen and oxygen atoms in total. The lowest BCUT2D eigenvalue weighted by Crippen LogP contribution is -2.40. The van der Waals surface area contributed by atoms with E-state index in [0.717, 1.165) is 16.8 Å². The van der Waals surface area contributed by atoms with Crippen LogP contribution in [0.1, 0.15) is 21.6 Å². The number of nitrogens with zero attached hydrogens (tertiary/aromatic N) is 3. The van der Waals surface area contributed by atoms with Gasteiger partial charge in [-0.05, 0) is 36.8 Å². The molecule has 0 fully saturated rings. The first-order valence-electron chi connectivity index (χ1n) is 8.44. The summed E-state index contributed by atoms with van der Waals surface area (Å²) in [6, 6.07) is 15.6. The lowest BCUT2D eigenvalue weighted by atomic mass is 10.2. The molecule has 26 heavy (non-hydrogen) atoms. The smallest absolute Gasteiger partial charge is 0.276 e. The molecule has 0 spiro atoms. The second kappa shape index (κ2) is 6.63. The largest absolute Gasteiger partial charge is 0.472 e. The highest BCUT2D eigenvalue weighted by molar-refractivity contribution is 6.05. The molecule has 4 rings (SSSR count). The maximum atomic E-state index is 12.9. The second-order valence-corrected chi connectivity index (χ2v) is 6.30. The summed E-state index contributed by atoms with van der Waals surface area (Å²) in [6.07, 6.45) is 0. The van der Waals surface area contributed by atoms with E-state index >= 15 is 0 Å². The average Bonchev–Trinajstić information content (AvgIpc) is 3.07. The van der Waals surface area contributed by atoms with Crippen molar-refractivity contribution in [1.82, 2.24) is 9.78 Å². The number of rotatable bonds is 4. The molecule has 132 valence electrons. The van der Waals surface area contributed by atoms with Gasteiger partial charge in [-0.1, -0.05) is 29.8 Å². The molecule has 1 aliphatic rings. The minimum Gasteiger partial charge on any atom is -0.472 e. The van der Waals surface area contributed by atoms with Crippen LogP contribution in [0, 0.1) is 12.7 Å². The highest BCUT2D eigenvalue weighted by Crippen LogP contribution is 2.24. The topological polar surface area (TPSA) is 47.4 Å². The van der Waals surface area contributed by atoms with Crippen molar-refractivity contribution in [2.45, 2.75) is 20.1 Å². The van der Waals surface area contributed by atoms with E-state index in [1.807, 2.05) is 31.2 Å². The second-order valence-electron chi connectivity index (χ2n) is 6.30. The van der Waals surface area contributed by atoms with Crippen molar-refractivity contribution in [1.29, 1.82) is 0 Å². The number of hydrogen-bond donors (Lipinski definition) is 0. The minimum atomic E-state index is -0.284. The highest BCUT2D eigenvalue weighted by Gasteiger charge is 2.27. The first-order valence-corrected chi connectivity index (χ1v) is 8.44. The Bertz CT molecular complexity index is 933. The summed E-state index contributed by atoms with van der Waals surface area (Å²) in [5.74, 6) is 0.0145. The zero-order valence-corrected chi connectivity index (χ0v) is 14.4. The fourth-order valence-electron chi connectivity index (χ4n) is 2.95. The predicted octanol–water partition coefficient (Wildman–Crippen LogP) is 3.57. The number of ether oxygens (including phenoxy) is 1. The molecule has 2 heterocycles. The number of carbonyl (C=O) groups is 1. The van der Waals surface area contributed by atoms with Crippen molar-refractivity contribution >= 4 is 11.6 Å². The van der Waals surface area contributed by atoms with Gasteiger partial charge in [0.2, 0.25) is 5.88 Å². The molecule has 1 amide bonds. The van der Waals surface area contributed by atoms with Crippen LogP contribution in [0.4, 0.5) is 10.1 Å². The summed E-state index contributed by atoms with van der Waals surface area (Å²) in [5, 5.41) is 4.35. The van der Waals surface area contributed by atoms with E-state index in [9.17, 15) is 9.18 Å². The Labute approximate surface area is 150 Å². The van der Waals surface area contributed by atoms with Crippen molar-refractivity contribution in [3.05, 3.63) is 77.2 Å². The van der Waals surface area contributed by atoms with Gasteiger partial charge in [0.25, 0.3) is 5.91 Å². The van der Waals surface area contributed by atoms with Crippen LogP contribution in [0.15, 0.2) is 54.6 Å². The van der Waals surface area contributed by atoms with Crippen LogP contribution < -0.4 is 9.64 Å². The SMILES string of the molecule is Cc1ccc(N2CCn3nc(OCc4ccc(F)cc4)cc3C2=O)cc1. The third-order valence-electron chi connectivity index (χ3n) is 4.40. The van der Waals surface area contributed by atoms with Gasteiger partial charge in [-0.2, -0.15) is 0 Å². The molecule has 1 aromatic heterocycles. The van der Waals surface area contributed by atoms with Gasteiger partial charge in [0.1, 0.15) is 18.1 Å². The maximum Gasteiger partial charge on any atom is 0.276 e. The van der Waals surface area contributed by atoms with Crippen LogP contribution in [0.25, 0.3) is 0 Å². The van der Waals surface area contributed by atoms with E-state index in [1.54, 1.807) is 27.8 Å². The van der Waals surface area contributed by atoms with E-state index in [2.05, 4.69) is 5.10 Å². The van der Waals surface area contributed by atoms with Gasteiger partial charge >= 0.3 is 0 Å². The Kier molecular flexibility index (Phi) is 4.16. The third kappa shape index (κ3) is 3.18. The molecular formula is C20H18FN3O2. The number of anilines is 1. The molecule has 0 saturated heterocycles. The molecule has 0 bridgehead atoms. The van der Waals surface area contributed by atoms with Crippen molar-refractivity contribution in [3.8, 4) is 5.88 Å². The van der Waals surface area contributed by atoms with E-state index in [0.29, 0.717) is 24.7 Å².